The average Bonchev–Trinajstić information content (AvgIpc) is 3.42. The first-order valence-electron chi connectivity index (χ1n) is 15.3. The molecular weight excluding hydrogens is 572 g/mol. The highest BCUT2D eigenvalue weighted by molar-refractivity contribution is 5.95. The molecule has 3 aromatic rings. The minimum Gasteiger partial charge on any atom is -0.434 e. The van der Waals surface area contributed by atoms with Crippen LogP contribution in [0, 0.1) is 5.92 Å². The summed E-state index contributed by atoms with van der Waals surface area (Å²) in [6.45, 7) is 5.10. The Labute approximate surface area is 264 Å². The Morgan fingerprint density at radius 2 is 1.40 bits per heavy atom. The van der Waals surface area contributed by atoms with Gasteiger partial charge in [-0.2, -0.15) is 0 Å². The summed E-state index contributed by atoms with van der Waals surface area (Å²) < 4.78 is 5.42. The third-order valence-electron chi connectivity index (χ3n) is 7.77. The Balaban J connectivity index is 1.52. The van der Waals surface area contributed by atoms with Gasteiger partial charge in [-0.3, -0.25) is 19.3 Å². The van der Waals surface area contributed by atoms with Crippen LogP contribution >= 0.6 is 0 Å². The van der Waals surface area contributed by atoms with Crippen molar-refractivity contribution >= 4 is 29.5 Å². The van der Waals surface area contributed by atoms with Gasteiger partial charge in [0.15, 0.2) is 6.10 Å². The molecule has 1 aliphatic heterocycles. The highest BCUT2D eigenvalue weighted by atomic mass is 16.6. The van der Waals surface area contributed by atoms with E-state index < -0.39 is 42.3 Å². The minimum absolute atomic E-state index is 0.0370. The summed E-state index contributed by atoms with van der Waals surface area (Å²) in [6.07, 6.45) is -1.91. The van der Waals surface area contributed by atoms with Crippen LogP contribution in [0.5, 0.6) is 0 Å². The zero-order chi connectivity index (χ0) is 32.3. The maximum absolute atomic E-state index is 13.5. The monoisotopic (exact) mass is 614 g/mol. The van der Waals surface area contributed by atoms with Crippen LogP contribution < -0.4 is 20.9 Å². The van der Waals surface area contributed by atoms with Gasteiger partial charge in [0.1, 0.15) is 6.04 Å². The molecule has 0 aliphatic carbocycles. The standard InChI is InChI=1S/C35H42N4O6/c1-23(2)32(36-24(3)40)34(43)37-27(19-25-13-7-4-8-14-25)21-30(41)29(20-26-15-9-5-10-16-26)38-33(42)31-22-39(35(44)45-31)28-17-11-6-12-18-28/h4-18,23,27,29-32,41H,19-22H2,1-3H3,(H,36,40)(H,37,43)(H,38,42)/t27?,29?,30-,31?,32-/m0/s1. The number of amides is 4. The minimum atomic E-state index is -1.08. The molecule has 1 fully saturated rings. The molecule has 0 spiro atoms. The SMILES string of the molecule is CC(=O)N[C@H](C(=O)NC(Cc1ccccc1)C[C@H](O)C(Cc1ccccc1)NC(=O)C1CN(c2ccccc2)C(=O)O1)C(C)C. The smallest absolute Gasteiger partial charge is 0.415 e. The number of carbonyl (C=O) groups excluding carboxylic acids is 4. The van der Waals surface area contributed by atoms with E-state index in [9.17, 15) is 24.3 Å². The molecule has 3 aromatic carbocycles. The van der Waals surface area contributed by atoms with Crippen LogP contribution in [-0.2, 0) is 32.0 Å². The summed E-state index contributed by atoms with van der Waals surface area (Å²) >= 11 is 0. The van der Waals surface area contributed by atoms with E-state index in [2.05, 4.69) is 16.0 Å². The number of cyclic esters (lactones) is 1. The van der Waals surface area contributed by atoms with E-state index in [1.165, 1.54) is 11.8 Å². The number of hydrogen-bond acceptors (Lipinski definition) is 6. The fourth-order valence-corrected chi connectivity index (χ4v) is 5.44. The van der Waals surface area contributed by atoms with Gasteiger partial charge >= 0.3 is 6.09 Å². The van der Waals surface area contributed by atoms with Gasteiger partial charge in [0.25, 0.3) is 5.91 Å². The molecule has 0 saturated carbocycles. The lowest BCUT2D eigenvalue weighted by molar-refractivity contribution is -0.130. The quantitative estimate of drug-likeness (QED) is 0.220. The second-order valence-electron chi connectivity index (χ2n) is 11.7. The van der Waals surface area contributed by atoms with Gasteiger partial charge in [-0.15, -0.1) is 0 Å². The van der Waals surface area contributed by atoms with Crippen LogP contribution in [-0.4, -0.2) is 65.8 Å². The van der Waals surface area contributed by atoms with Crippen molar-refractivity contribution in [2.75, 3.05) is 11.4 Å². The Bertz CT molecular complexity index is 1420. The average molecular weight is 615 g/mol. The van der Waals surface area contributed by atoms with Crippen LogP contribution in [0.3, 0.4) is 0 Å². The van der Waals surface area contributed by atoms with Crippen molar-refractivity contribution in [3.8, 4) is 0 Å². The number of aliphatic hydroxyl groups excluding tert-OH is 1. The number of aliphatic hydroxyl groups is 1. The van der Waals surface area contributed by atoms with Crippen molar-refractivity contribution in [1.29, 1.82) is 0 Å². The van der Waals surface area contributed by atoms with Gasteiger partial charge < -0.3 is 25.8 Å². The fraction of sp³-hybridized carbons (Fsp3) is 0.371. The van der Waals surface area contributed by atoms with E-state index in [1.807, 2.05) is 80.6 Å². The second kappa shape index (κ2) is 15.9. The van der Waals surface area contributed by atoms with E-state index in [1.54, 1.807) is 24.3 Å². The highest BCUT2D eigenvalue weighted by Gasteiger charge is 2.38. The molecule has 1 saturated heterocycles. The first-order valence-corrected chi connectivity index (χ1v) is 15.3. The molecule has 45 heavy (non-hydrogen) atoms. The van der Waals surface area contributed by atoms with Crippen molar-refractivity contribution in [2.24, 2.45) is 5.92 Å². The number of anilines is 1. The van der Waals surface area contributed by atoms with Crippen LogP contribution in [0.2, 0.25) is 0 Å². The van der Waals surface area contributed by atoms with E-state index in [4.69, 9.17) is 4.74 Å². The Morgan fingerprint density at radius 3 is 1.96 bits per heavy atom. The first kappa shape index (κ1) is 33.2. The van der Waals surface area contributed by atoms with Gasteiger partial charge in [-0.1, -0.05) is 92.7 Å². The first-order chi connectivity index (χ1) is 21.6. The normalized spacial score (nSPS) is 17.1. The molecule has 3 unspecified atom stereocenters. The topological polar surface area (TPSA) is 137 Å². The fourth-order valence-electron chi connectivity index (χ4n) is 5.44. The number of carbonyl (C=O) groups is 4. The number of para-hydroxylation sites is 1. The zero-order valence-electron chi connectivity index (χ0n) is 25.9. The van der Waals surface area contributed by atoms with Gasteiger partial charge in [0, 0.05) is 18.7 Å². The molecule has 0 bridgehead atoms. The number of hydrogen-bond donors (Lipinski definition) is 4. The van der Waals surface area contributed by atoms with Crippen molar-refractivity contribution in [1.82, 2.24) is 16.0 Å². The van der Waals surface area contributed by atoms with E-state index >= 15 is 0 Å². The van der Waals surface area contributed by atoms with E-state index in [-0.39, 0.29) is 30.7 Å². The molecular formula is C35H42N4O6. The maximum Gasteiger partial charge on any atom is 0.415 e. The van der Waals surface area contributed by atoms with Gasteiger partial charge in [0.05, 0.1) is 18.7 Å². The summed E-state index contributed by atoms with van der Waals surface area (Å²) in [5.74, 6) is -1.34. The number of nitrogens with one attached hydrogen (secondary N) is 3. The molecule has 4 amide bonds. The second-order valence-corrected chi connectivity index (χ2v) is 11.7. The number of ether oxygens (including phenoxy) is 1. The summed E-state index contributed by atoms with van der Waals surface area (Å²) in [6, 6.07) is 26.0. The van der Waals surface area contributed by atoms with Crippen LogP contribution in [0.15, 0.2) is 91.0 Å². The van der Waals surface area contributed by atoms with Crippen LogP contribution in [0.25, 0.3) is 0 Å². The van der Waals surface area contributed by atoms with E-state index in [0.717, 1.165) is 11.1 Å². The predicted octanol–water partition coefficient (Wildman–Crippen LogP) is 3.38. The molecule has 10 nitrogen and oxygen atoms in total. The molecule has 0 aromatic heterocycles. The molecule has 238 valence electrons. The predicted molar refractivity (Wildman–Crippen MR) is 171 cm³/mol. The summed E-state index contributed by atoms with van der Waals surface area (Å²) in [5, 5.41) is 20.3. The molecule has 0 radical (unpaired) electrons. The molecule has 1 aliphatic rings. The molecule has 10 heteroatoms. The van der Waals surface area contributed by atoms with Crippen LogP contribution in [0.1, 0.15) is 38.3 Å². The summed E-state index contributed by atoms with van der Waals surface area (Å²) in [5.41, 5.74) is 2.47. The highest BCUT2D eigenvalue weighted by Crippen LogP contribution is 2.22. The van der Waals surface area contributed by atoms with Gasteiger partial charge in [0.2, 0.25) is 11.8 Å². The lowest BCUT2D eigenvalue weighted by Gasteiger charge is -2.30. The third-order valence-corrected chi connectivity index (χ3v) is 7.77. The van der Waals surface area contributed by atoms with Crippen molar-refractivity contribution in [3.05, 3.63) is 102 Å². The summed E-state index contributed by atoms with van der Waals surface area (Å²) in [7, 11) is 0. The van der Waals surface area contributed by atoms with Gasteiger partial charge in [-0.05, 0) is 48.4 Å². The Hall–Kier alpha value is -4.70. The largest absolute Gasteiger partial charge is 0.434 e. The van der Waals surface area contributed by atoms with Crippen molar-refractivity contribution in [3.63, 3.8) is 0 Å². The Kier molecular flexibility index (Phi) is 11.7. The molecule has 4 N–H and O–H groups in total. The molecule has 4 rings (SSSR count). The number of benzene rings is 3. The molecule has 5 atom stereocenters. The zero-order valence-corrected chi connectivity index (χ0v) is 25.9. The van der Waals surface area contributed by atoms with Crippen molar-refractivity contribution in [2.45, 2.75) is 70.4 Å². The van der Waals surface area contributed by atoms with Crippen LogP contribution in [0.4, 0.5) is 10.5 Å². The summed E-state index contributed by atoms with van der Waals surface area (Å²) in [4.78, 5) is 52.6. The number of nitrogens with zero attached hydrogens (tertiary/aromatic N) is 1. The lowest BCUT2D eigenvalue weighted by atomic mass is 9.93. The van der Waals surface area contributed by atoms with Gasteiger partial charge in [-0.25, -0.2) is 4.79 Å². The number of rotatable bonds is 14. The van der Waals surface area contributed by atoms with Crippen molar-refractivity contribution < 1.29 is 29.0 Å². The lowest BCUT2D eigenvalue weighted by Crippen LogP contribution is -2.54. The third kappa shape index (κ3) is 9.64. The maximum atomic E-state index is 13.5. The molecule has 1 heterocycles. The van der Waals surface area contributed by atoms with E-state index in [0.29, 0.717) is 18.5 Å². The Morgan fingerprint density at radius 1 is 0.844 bits per heavy atom.